The first-order valence-electron chi connectivity index (χ1n) is 7.30. The van der Waals surface area contributed by atoms with Crippen molar-refractivity contribution in [2.45, 2.75) is 38.6 Å². The topological polar surface area (TPSA) is 79.4 Å². The monoisotopic (exact) mass is 349 g/mol. The zero-order valence-corrected chi connectivity index (χ0v) is 13.3. The van der Waals surface area contributed by atoms with E-state index in [1.807, 2.05) is 10.8 Å². The molecule has 1 saturated carbocycles. The van der Waals surface area contributed by atoms with Gasteiger partial charge >= 0.3 is 5.69 Å². The number of aromatic nitrogens is 5. The number of hydrogen-bond donors (Lipinski definition) is 2. The normalized spacial score (nSPS) is 23.1. The standard InChI is InChI=1S/C14H16BrN5O/c1-7-4-2-3-5-9(7)20-11-10-8(15)6-16-12(10)18-19-13(11)17-14(20)21/h6-7,9H,2-5H2,1H3,(H,16,18)(H,17,19,21)/t7-,9+/m1/s1. The quantitative estimate of drug-likeness (QED) is 0.708. The molecule has 1 fully saturated rings. The van der Waals surface area contributed by atoms with Crippen molar-refractivity contribution in [2.24, 2.45) is 5.92 Å². The molecule has 1 aliphatic carbocycles. The summed E-state index contributed by atoms with van der Waals surface area (Å²) in [5.41, 5.74) is 2.03. The second-order valence-electron chi connectivity index (χ2n) is 5.89. The summed E-state index contributed by atoms with van der Waals surface area (Å²) in [6.07, 6.45) is 6.46. The van der Waals surface area contributed by atoms with E-state index in [-0.39, 0.29) is 11.7 Å². The van der Waals surface area contributed by atoms with E-state index in [1.165, 1.54) is 19.3 Å². The van der Waals surface area contributed by atoms with Crippen LogP contribution in [0.25, 0.3) is 22.2 Å². The van der Waals surface area contributed by atoms with Crippen molar-refractivity contribution in [2.75, 3.05) is 0 Å². The van der Waals surface area contributed by atoms with Crippen molar-refractivity contribution in [3.8, 4) is 0 Å². The average molecular weight is 350 g/mol. The van der Waals surface area contributed by atoms with Gasteiger partial charge in [0.25, 0.3) is 0 Å². The lowest BCUT2D eigenvalue weighted by Crippen LogP contribution is -2.29. The Morgan fingerprint density at radius 3 is 2.86 bits per heavy atom. The average Bonchev–Trinajstić information content (AvgIpc) is 2.99. The SMILES string of the molecule is C[C@@H]1CCCC[C@@H]1n1c(=O)[nH]c2nnc3[nH]cc(Br)c3c21. The fraction of sp³-hybridized carbons (Fsp3) is 0.500. The Balaban J connectivity index is 2.07. The van der Waals surface area contributed by atoms with Gasteiger partial charge in [0.05, 0.1) is 5.39 Å². The molecular formula is C14H16BrN5O. The third-order valence-corrected chi connectivity index (χ3v) is 5.23. The molecule has 0 bridgehead atoms. The Morgan fingerprint density at radius 2 is 2.05 bits per heavy atom. The number of imidazole rings is 1. The molecule has 7 heteroatoms. The number of rotatable bonds is 1. The van der Waals surface area contributed by atoms with Crippen LogP contribution in [-0.2, 0) is 0 Å². The van der Waals surface area contributed by atoms with Gasteiger partial charge in [0, 0.05) is 16.7 Å². The van der Waals surface area contributed by atoms with E-state index < -0.39 is 0 Å². The van der Waals surface area contributed by atoms with Crippen LogP contribution in [-0.4, -0.2) is 24.7 Å². The summed E-state index contributed by atoms with van der Waals surface area (Å²) in [6, 6.07) is 0.231. The first-order valence-corrected chi connectivity index (χ1v) is 8.09. The Kier molecular flexibility index (Phi) is 2.92. The summed E-state index contributed by atoms with van der Waals surface area (Å²) in [4.78, 5) is 18.4. The Hall–Kier alpha value is -1.63. The van der Waals surface area contributed by atoms with Gasteiger partial charge in [-0.2, -0.15) is 0 Å². The molecule has 0 radical (unpaired) electrons. The molecule has 3 aromatic rings. The molecular weight excluding hydrogens is 334 g/mol. The van der Waals surface area contributed by atoms with Gasteiger partial charge in [-0.3, -0.25) is 9.55 Å². The molecule has 1 aliphatic rings. The summed E-state index contributed by atoms with van der Waals surface area (Å²) < 4.78 is 2.81. The number of nitrogens with zero attached hydrogens (tertiary/aromatic N) is 3. The van der Waals surface area contributed by atoms with E-state index in [4.69, 9.17) is 0 Å². The van der Waals surface area contributed by atoms with Crippen molar-refractivity contribution in [1.29, 1.82) is 0 Å². The molecule has 4 rings (SSSR count). The minimum atomic E-state index is -0.0846. The molecule has 0 saturated heterocycles. The largest absolute Gasteiger partial charge is 0.343 e. The Morgan fingerprint density at radius 1 is 1.29 bits per heavy atom. The van der Waals surface area contributed by atoms with Gasteiger partial charge in [0.1, 0.15) is 5.52 Å². The van der Waals surface area contributed by atoms with E-state index in [0.717, 1.165) is 21.8 Å². The molecule has 2 atom stereocenters. The lowest BCUT2D eigenvalue weighted by Gasteiger charge is -2.29. The second-order valence-corrected chi connectivity index (χ2v) is 6.74. The van der Waals surface area contributed by atoms with Crippen LogP contribution >= 0.6 is 15.9 Å². The third kappa shape index (κ3) is 1.87. The number of H-pyrrole nitrogens is 2. The van der Waals surface area contributed by atoms with Crippen molar-refractivity contribution in [3.05, 3.63) is 21.2 Å². The minimum Gasteiger partial charge on any atom is -0.343 e. The van der Waals surface area contributed by atoms with Gasteiger partial charge in [0.15, 0.2) is 11.3 Å². The van der Waals surface area contributed by atoms with Gasteiger partial charge in [0.2, 0.25) is 0 Å². The number of fused-ring (bicyclic) bond motifs is 3. The van der Waals surface area contributed by atoms with Crippen molar-refractivity contribution in [1.82, 2.24) is 24.7 Å². The zero-order valence-electron chi connectivity index (χ0n) is 11.7. The lowest BCUT2D eigenvalue weighted by molar-refractivity contribution is 0.258. The van der Waals surface area contributed by atoms with Gasteiger partial charge in [-0.05, 0) is 34.7 Å². The van der Waals surface area contributed by atoms with Gasteiger partial charge in [-0.15, -0.1) is 10.2 Å². The van der Waals surface area contributed by atoms with Crippen LogP contribution in [0.2, 0.25) is 0 Å². The highest BCUT2D eigenvalue weighted by Crippen LogP contribution is 2.36. The number of aromatic amines is 2. The summed E-state index contributed by atoms with van der Waals surface area (Å²) in [5, 5.41) is 9.20. The molecule has 0 aliphatic heterocycles. The molecule has 0 spiro atoms. The highest BCUT2D eigenvalue weighted by molar-refractivity contribution is 9.10. The van der Waals surface area contributed by atoms with Crippen LogP contribution < -0.4 is 5.69 Å². The molecule has 3 aromatic heterocycles. The fourth-order valence-electron chi connectivity index (χ4n) is 3.54. The van der Waals surface area contributed by atoms with Gasteiger partial charge in [-0.25, -0.2) is 4.79 Å². The smallest absolute Gasteiger partial charge is 0.328 e. The first kappa shape index (κ1) is 13.1. The maximum Gasteiger partial charge on any atom is 0.328 e. The van der Waals surface area contributed by atoms with Crippen LogP contribution in [0, 0.1) is 5.92 Å². The van der Waals surface area contributed by atoms with Crippen molar-refractivity contribution >= 4 is 38.1 Å². The van der Waals surface area contributed by atoms with Gasteiger partial charge in [-0.1, -0.05) is 19.8 Å². The molecule has 0 amide bonds. The Labute approximate surface area is 129 Å². The van der Waals surface area contributed by atoms with E-state index in [2.05, 4.69) is 43.0 Å². The molecule has 6 nitrogen and oxygen atoms in total. The molecule has 0 unspecified atom stereocenters. The number of hydrogen-bond acceptors (Lipinski definition) is 3. The number of nitrogens with one attached hydrogen (secondary N) is 2. The van der Waals surface area contributed by atoms with Crippen LogP contribution in [0.5, 0.6) is 0 Å². The highest BCUT2D eigenvalue weighted by Gasteiger charge is 2.27. The maximum absolute atomic E-state index is 12.5. The first-order chi connectivity index (χ1) is 10.2. The minimum absolute atomic E-state index is 0.0846. The molecule has 2 N–H and O–H groups in total. The molecule has 0 aromatic carbocycles. The molecule has 21 heavy (non-hydrogen) atoms. The van der Waals surface area contributed by atoms with Crippen LogP contribution in [0.1, 0.15) is 38.6 Å². The van der Waals surface area contributed by atoms with E-state index in [0.29, 0.717) is 17.2 Å². The van der Waals surface area contributed by atoms with E-state index >= 15 is 0 Å². The van der Waals surface area contributed by atoms with E-state index in [1.54, 1.807) is 0 Å². The summed E-state index contributed by atoms with van der Waals surface area (Å²) in [7, 11) is 0. The lowest BCUT2D eigenvalue weighted by atomic mass is 9.85. The predicted octanol–water partition coefficient (Wildman–Crippen LogP) is 3.11. The second kappa shape index (κ2) is 4.69. The van der Waals surface area contributed by atoms with Crippen molar-refractivity contribution in [3.63, 3.8) is 0 Å². The highest BCUT2D eigenvalue weighted by atomic mass is 79.9. The summed E-state index contributed by atoms with van der Waals surface area (Å²) in [5.74, 6) is 0.497. The number of halogens is 1. The van der Waals surface area contributed by atoms with E-state index in [9.17, 15) is 4.79 Å². The third-order valence-electron chi connectivity index (χ3n) is 4.61. The van der Waals surface area contributed by atoms with Crippen molar-refractivity contribution < 1.29 is 0 Å². The summed E-state index contributed by atoms with van der Waals surface area (Å²) >= 11 is 3.54. The van der Waals surface area contributed by atoms with Gasteiger partial charge < -0.3 is 4.98 Å². The summed E-state index contributed by atoms with van der Waals surface area (Å²) in [6.45, 7) is 2.23. The van der Waals surface area contributed by atoms with Crippen LogP contribution in [0.15, 0.2) is 15.5 Å². The molecule has 110 valence electrons. The van der Waals surface area contributed by atoms with Crippen LogP contribution in [0.3, 0.4) is 0 Å². The fourth-order valence-corrected chi connectivity index (χ4v) is 4.03. The predicted molar refractivity (Wildman–Crippen MR) is 84.4 cm³/mol. The molecule has 3 heterocycles. The maximum atomic E-state index is 12.5. The zero-order chi connectivity index (χ0) is 14.6. The van der Waals surface area contributed by atoms with Crippen LogP contribution in [0.4, 0.5) is 0 Å². The Bertz CT molecular complexity index is 877.